The standard InChI is InChI=1S/C27H43BNO2S.C10H18O2.C8H18/c1-8-11-19-16-21(17-19)29-23-18-20(28-31-25(4,5)26(6,7)32)12-13-22(23)27(14-9-2,15-10-3)24(29)30;1-4-7(2)9(11)10-8(3)5-6-12-10;1-5-7-8(3,4)6-2/h12-13,18-19,21,32H,8-11,14-17H2,1-7H3;7-8,10H,4-6H2,1-3H3;5-7H2,1-4H3. The predicted molar refractivity (Wildman–Crippen MR) is 227 cm³/mol. The second kappa shape index (κ2) is 20.6. The lowest BCUT2D eigenvalue weighted by Gasteiger charge is -2.42. The van der Waals surface area contributed by atoms with Crippen LogP contribution >= 0.6 is 12.6 Å². The third kappa shape index (κ3) is 11.8. The normalized spacial score (nSPS) is 23.1. The minimum absolute atomic E-state index is 0.111. The molecule has 3 unspecified atom stereocenters. The number of hydrogen-bond acceptors (Lipinski definition) is 5. The molecule has 1 saturated heterocycles. The Kier molecular flexibility index (Phi) is 18.5. The van der Waals surface area contributed by atoms with Gasteiger partial charge in [-0.3, -0.25) is 9.59 Å². The van der Waals surface area contributed by atoms with E-state index in [0.717, 1.165) is 75.0 Å². The minimum atomic E-state index is -0.417. The quantitative estimate of drug-likeness (QED) is 0.128. The molecule has 52 heavy (non-hydrogen) atoms. The molecular formula is C45H79BNO4S. The highest BCUT2D eigenvalue weighted by molar-refractivity contribution is 7.81. The zero-order chi connectivity index (χ0) is 39.5. The van der Waals surface area contributed by atoms with Crippen LogP contribution in [0.3, 0.4) is 0 Å². The number of thiol groups is 1. The monoisotopic (exact) mass is 741 g/mol. The van der Waals surface area contributed by atoms with Gasteiger partial charge in [-0.1, -0.05) is 125 Å². The second-order valence-electron chi connectivity index (χ2n) is 18.2. The number of hydrogen-bond donors (Lipinski definition) is 1. The Morgan fingerprint density at radius 2 is 1.62 bits per heavy atom. The summed E-state index contributed by atoms with van der Waals surface area (Å²) >= 11 is 4.72. The average Bonchev–Trinajstić information content (AvgIpc) is 3.59. The van der Waals surface area contributed by atoms with Crippen molar-refractivity contribution in [3.8, 4) is 0 Å². The van der Waals surface area contributed by atoms with E-state index in [2.05, 4.69) is 106 Å². The summed E-state index contributed by atoms with van der Waals surface area (Å²) in [6.45, 7) is 31.0. The SMILES string of the molecule is CCC(C)C(=O)C1OCCC1C.CCCC(C)(C)CC.CCCC1CC(N2C(=O)C(CCC)(CCC)c3ccc([B]OC(C)(C)C(C)(C)S)cc32)C1. The molecule has 0 bridgehead atoms. The number of nitrogens with zero attached hydrogens (tertiary/aromatic N) is 1. The van der Waals surface area contributed by atoms with E-state index in [-0.39, 0.29) is 22.2 Å². The number of ether oxygens (including phenoxy) is 1. The minimum Gasteiger partial charge on any atom is -0.428 e. The highest BCUT2D eigenvalue weighted by Gasteiger charge is 2.53. The van der Waals surface area contributed by atoms with E-state index < -0.39 is 5.60 Å². The number of anilines is 1. The van der Waals surface area contributed by atoms with E-state index in [1.807, 2.05) is 21.3 Å². The number of ketones is 1. The maximum atomic E-state index is 14.0. The van der Waals surface area contributed by atoms with Gasteiger partial charge in [-0.15, -0.1) is 0 Å². The van der Waals surface area contributed by atoms with Gasteiger partial charge in [0.25, 0.3) is 0 Å². The van der Waals surface area contributed by atoms with Gasteiger partial charge in [0.2, 0.25) is 5.91 Å². The molecule has 0 spiro atoms. The van der Waals surface area contributed by atoms with Crippen molar-refractivity contribution in [3.63, 3.8) is 0 Å². The third-order valence-corrected chi connectivity index (χ3v) is 13.2. The molecular weight excluding hydrogens is 661 g/mol. The molecule has 2 heterocycles. The van der Waals surface area contributed by atoms with Crippen molar-refractivity contribution >= 4 is 43.0 Å². The molecule has 0 aromatic heterocycles. The highest BCUT2D eigenvalue weighted by Crippen LogP contribution is 2.51. The molecule has 0 N–H and O–H groups in total. The van der Waals surface area contributed by atoms with Crippen molar-refractivity contribution in [2.45, 2.75) is 208 Å². The molecule has 3 atom stereocenters. The first kappa shape index (κ1) is 46.8. The number of amides is 1. The summed E-state index contributed by atoms with van der Waals surface area (Å²) in [7, 11) is 1.85. The zero-order valence-corrected chi connectivity index (χ0v) is 37.0. The molecule has 297 valence electrons. The Morgan fingerprint density at radius 1 is 1.00 bits per heavy atom. The van der Waals surface area contributed by atoms with E-state index >= 15 is 0 Å². The van der Waals surface area contributed by atoms with Crippen LogP contribution in [0.5, 0.6) is 0 Å². The molecule has 1 radical (unpaired) electrons. The summed E-state index contributed by atoms with van der Waals surface area (Å²) in [6.07, 6.45) is 14.5. The average molecular weight is 741 g/mol. The van der Waals surface area contributed by atoms with Gasteiger partial charge >= 0.3 is 7.48 Å². The van der Waals surface area contributed by atoms with Gasteiger partial charge < -0.3 is 14.3 Å². The van der Waals surface area contributed by atoms with Crippen LogP contribution in [-0.2, 0) is 24.4 Å². The van der Waals surface area contributed by atoms with Crippen molar-refractivity contribution < 1.29 is 19.0 Å². The molecule has 1 aromatic carbocycles. The van der Waals surface area contributed by atoms with E-state index in [1.165, 1.54) is 37.7 Å². The highest BCUT2D eigenvalue weighted by atomic mass is 32.1. The molecule has 1 saturated carbocycles. The second-order valence-corrected chi connectivity index (χ2v) is 19.3. The molecule has 2 aliphatic heterocycles. The number of rotatable bonds is 17. The fourth-order valence-corrected chi connectivity index (χ4v) is 7.87. The van der Waals surface area contributed by atoms with Gasteiger partial charge in [-0.05, 0) is 102 Å². The van der Waals surface area contributed by atoms with Crippen LogP contribution in [0.4, 0.5) is 5.69 Å². The molecule has 4 rings (SSSR count). The first-order valence-corrected chi connectivity index (χ1v) is 21.6. The van der Waals surface area contributed by atoms with E-state index in [4.69, 9.17) is 22.0 Å². The van der Waals surface area contributed by atoms with Gasteiger partial charge in [0.1, 0.15) is 6.10 Å². The number of carbonyl (C=O) groups excluding carboxylic acids is 2. The summed E-state index contributed by atoms with van der Waals surface area (Å²) in [4.78, 5) is 27.8. The van der Waals surface area contributed by atoms with Crippen molar-refractivity contribution in [1.82, 2.24) is 0 Å². The lowest BCUT2D eigenvalue weighted by Crippen LogP contribution is -2.50. The number of fused-ring (bicyclic) bond motifs is 1. The van der Waals surface area contributed by atoms with Crippen LogP contribution in [0.15, 0.2) is 18.2 Å². The fraction of sp³-hybridized carbons (Fsp3) is 0.822. The van der Waals surface area contributed by atoms with Crippen molar-refractivity contribution in [1.29, 1.82) is 0 Å². The molecule has 1 aliphatic carbocycles. The number of benzene rings is 1. The Bertz CT molecular complexity index is 1240. The fourth-order valence-electron chi connectivity index (χ4n) is 7.81. The van der Waals surface area contributed by atoms with Gasteiger partial charge in [0.05, 0.1) is 11.0 Å². The first-order chi connectivity index (χ1) is 24.3. The molecule has 1 aromatic rings. The summed E-state index contributed by atoms with van der Waals surface area (Å²) in [5.41, 5.74) is 3.18. The molecule has 2 fully saturated rings. The van der Waals surface area contributed by atoms with Gasteiger partial charge in [0, 0.05) is 29.0 Å². The molecule has 5 nitrogen and oxygen atoms in total. The number of carbonyl (C=O) groups is 2. The lowest BCUT2D eigenvalue weighted by molar-refractivity contribution is -0.133. The molecule has 1 amide bonds. The summed E-state index contributed by atoms with van der Waals surface area (Å²) in [5.74, 6) is 1.99. The summed E-state index contributed by atoms with van der Waals surface area (Å²) < 4.78 is 11.3. The number of Topliss-reactive ketones (excluding diaryl/α,β-unsaturated/α-hetero) is 1. The van der Waals surface area contributed by atoms with Gasteiger partial charge in [-0.2, -0.15) is 12.6 Å². The van der Waals surface area contributed by atoms with Crippen LogP contribution in [-0.4, -0.2) is 48.3 Å². The van der Waals surface area contributed by atoms with Gasteiger partial charge in [-0.25, -0.2) is 0 Å². The third-order valence-electron chi connectivity index (χ3n) is 12.7. The Labute approximate surface area is 327 Å². The van der Waals surface area contributed by atoms with Gasteiger partial charge in [0.15, 0.2) is 5.78 Å². The van der Waals surface area contributed by atoms with E-state index in [1.54, 1.807) is 0 Å². The maximum Gasteiger partial charge on any atom is 0.330 e. The van der Waals surface area contributed by atoms with E-state index in [0.29, 0.717) is 29.1 Å². The summed E-state index contributed by atoms with van der Waals surface area (Å²) in [6, 6.07) is 6.86. The first-order valence-electron chi connectivity index (χ1n) is 21.2. The lowest BCUT2D eigenvalue weighted by atomic mass is 9.73. The largest absolute Gasteiger partial charge is 0.428 e. The molecule has 7 heteroatoms. The van der Waals surface area contributed by atoms with Crippen molar-refractivity contribution in [2.75, 3.05) is 11.5 Å². The topological polar surface area (TPSA) is 55.8 Å². The molecule has 3 aliphatic rings. The smallest absolute Gasteiger partial charge is 0.330 e. The Balaban J connectivity index is 0.000000381. The zero-order valence-electron chi connectivity index (χ0n) is 36.1. The van der Waals surface area contributed by atoms with E-state index in [9.17, 15) is 9.59 Å². The summed E-state index contributed by atoms with van der Waals surface area (Å²) in [5, 5.41) is 0. The Hall–Kier alpha value is -1.31. The maximum absolute atomic E-state index is 14.0. The Morgan fingerprint density at radius 3 is 2.06 bits per heavy atom. The van der Waals surface area contributed by atoms with Crippen LogP contribution < -0.4 is 10.4 Å². The van der Waals surface area contributed by atoms with Crippen molar-refractivity contribution in [3.05, 3.63) is 23.8 Å². The predicted octanol–water partition coefficient (Wildman–Crippen LogP) is 11.4. The van der Waals surface area contributed by atoms with Crippen LogP contribution in [0.2, 0.25) is 0 Å². The van der Waals surface area contributed by atoms with Crippen molar-refractivity contribution in [2.24, 2.45) is 23.2 Å². The van der Waals surface area contributed by atoms with Crippen LogP contribution in [0.25, 0.3) is 0 Å². The van der Waals surface area contributed by atoms with Crippen LogP contribution in [0.1, 0.15) is 186 Å². The van der Waals surface area contributed by atoms with Crippen LogP contribution in [0, 0.1) is 23.2 Å².